The van der Waals surface area contributed by atoms with Gasteiger partial charge in [0, 0.05) is 35.3 Å². The molecule has 0 radical (unpaired) electrons. The van der Waals surface area contributed by atoms with E-state index in [0.717, 1.165) is 24.1 Å². The van der Waals surface area contributed by atoms with Crippen LogP contribution in [0, 0.1) is 0 Å². The summed E-state index contributed by atoms with van der Waals surface area (Å²) >= 11 is 0. The molecule has 172 valence electrons. The van der Waals surface area contributed by atoms with Gasteiger partial charge in [-0.1, -0.05) is 18.2 Å². The maximum Gasteiger partial charge on any atom is 0.435 e. The minimum atomic E-state index is -4.56. The van der Waals surface area contributed by atoms with Crippen molar-refractivity contribution in [3.63, 3.8) is 0 Å². The number of carbonyl (C=O) groups excluding carboxylic acids is 1. The van der Waals surface area contributed by atoms with Crippen LogP contribution in [-0.2, 0) is 25.4 Å². The lowest BCUT2D eigenvalue weighted by molar-refractivity contribution is -0.142. The summed E-state index contributed by atoms with van der Waals surface area (Å²) in [7, 11) is 0. The van der Waals surface area contributed by atoms with E-state index in [4.69, 9.17) is 4.42 Å². The van der Waals surface area contributed by atoms with Gasteiger partial charge in [0.2, 0.25) is 0 Å². The molecule has 0 atom stereocenters. The molecule has 8 heteroatoms. The summed E-state index contributed by atoms with van der Waals surface area (Å²) in [5.41, 5.74) is 3.29. The summed E-state index contributed by atoms with van der Waals surface area (Å²) in [6.45, 7) is 0.627. The highest BCUT2D eigenvalue weighted by Crippen LogP contribution is 2.42. The molecule has 2 aromatic carbocycles. The van der Waals surface area contributed by atoms with Crippen LogP contribution in [0.4, 0.5) is 18.9 Å². The van der Waals surface area contributed by atoms with Gasteiger partial charge in [0.05, 0.1) is 17.6 Å². The minimum absolute atomic E-state index is 0.130. The third kappa shape index (κ3) is 3.24. The van der Waals surface area contributed by atoms with Gasteiger partial charge in [0.25, 0.3) is 5.91 Å². The Morgan fingerprint density at radius 2 is 1.76 bits per heavy atom. The number of para-hydroxylation sites is 1. The van der Waals surface area contributed by atoms with Crippen LogP contribution in [0.3, 0.4) is 0 Å². The topological polar surface area (TPSA) is 51.3 Å². The number of halogens is 3. The summed E-state index contributed by atoms with van der Waals surface area (Å²) in [6.07, 6.45) is -0.657. The van der Waals surface area contributed by atoms with Gasteiger partial charge in [-0.3, -0.25) is 4.79 Å². The first-order valence-electron chi connectivity index (χ1n) is 11.2. The van der Waals surface area contributed by atoms with Crippen molar-refractivity contribution in [1.29, 1.82) is 0 Å². The Hall–Kier alpha value is -3.81. The van der Waals surface area contributed by atoms with E-state index in [-0.39, 0.29) is 17.9 Å². The molecule has 1 amide bonds. The number of nitrogens with zero attached hydrogens (tertiary/aromatic N) is 3. The van der Waals surface area contributed by atoms with E-state index < -0.39 is 11.9 Å². The van der Waals surface area contributed by atoms with Gasteiger partial charge in [-0.05, 0) is 61.2 Å². The van der Waals surface area contributed by atoms with Crippen molar-refractivity contribution in [3.8, 4) is 16.9 Å². The molecule has 0 bridgehead atoms. The average Bonchev–Trinajstić information content (AvgIpc) is 3.48. The van der Waals surface area contributed by atoms with Gasteiger partial charge in [-0.15, -0.1) is 0 Å². The van der Waals surface area contributed by atoms with E-state index in [2.05, 4.69) is 5.10 Å². The average molecular weight is 463 g/mol. The number of alkyl halides is 3. The van der Waals surface area contributed by atoms with Crippen molar-refractivity contribution >= 4 is 11.6 Å². The van der Waals surface area contributed by atoms with Crippen LogP contribution in [0.1, 0.15) is 39.4 Å². The number of hydrogen-bond donors (Lipinski definition) is 0. The molecule has 6 rings (SSSR count). The Bertz CT molecular complexity index is 1400. The fourth-order valence-electron chi connectivity index (χ4n) is 5.01. The third-order valence-electron chi connectivity index (χ3n) is 6.57. The molecule has 1 aliphatic heterocycles. The number of hydrogen-bond acceptors (Lipinski definition) is 3. The Morgan fingerprint density at radius 3 is 2.56 bits per heavy atom. The highest BCUT2D eigenvalue weighted by atomic mass is 19.4. The molecule has 0 N–H and O–H groups in total. The van der Waals surface area contributed by atoms with E-state index in [9.17, 15) is 18.0 Å². The lowest BCUT2D eigenvalue weighted by Crippen LogP contribution is -2.35. The number of aryl methyl sites for hydroxylation is 2. The number of benzene rings is 2. The second-order valence-electron chi connectivity index (χ2n) is 8.58. The van der Waals surface area contributed by atoms with E-state index in [0.29, 0.717) is 41.2 Å². The van der Waals surface area contributed by atoms with E-state index >= 15 is 0 Å². The molecule has 1 aliphatic carbocycles. The van der Waals surface area contributed by atoms with Crippen molar-refractivity contribution in [2.45, 2.75) is 31.9 Å². The molecule has 0 fully saturated rings. The molecule has 0 saturated carbocycles. The predicted molar refractivity (Wildman–Crippen MR) is 120 cm³/mol. The predicted octanol–water partition coefficient (Wildman–Crippen LogP) is 5.84. The van der Waals surface area contributed by atoms with Crippen molar-refractivity contribution < 1.29 is 22.4 Å². The third-order valence-corrected chi connectivity index (χ3v) is 6.57. The van der Waals surface area contributed by atoms with Crippen LogP contribution < -0.4 is 4.90 Å². The minimum Gasteiger partial charge on any atom is -0.469 e. The summed E-state index contributed by atoms with van der Waals surface area (Å²) in [5, 5.41) is 3.96. The number of carbonyl (C=O) groups is 1. The molecule has 34 heavy (non-hydrogen) atoms. The Labute approximate surface area is 193 Å². The van der Waals surface area contributed by atoms with E-state index in [1.54, 1.807) is 35.2 Å². The van der Waals surface area contributed by atoms with Crippen molar-refractivity contribution in [2.24, 2.45) is 0 Å². The Balaban J connectivity index is 1.39. The normalized spacial score (nSPS) is 15.0. The van der Waals surface area contributed by atoms with Crippen LogP contribution in [0.5, 0.6) is 0 Å². The molecule has 3 heterocycles. The van der Waals surface area contributed by atoms with Gasteiger partial charge in [0.15, 0.2) is 5.69 Å². The fraction of sp³-hybridized carbons (Fsp3) is 0.231. The molecule has 2 aromatic heterocycles. The largest absolute Gasteiger partial charge is 0.469 e. The molecular weight excluding hydrogens is 443 g/mol. The maximum atomic E-state index is 13.8. The van der Waals surface area contributed by atoms with Gasteiger partial charge in [-0.25, -0.2) is 4.68 Å². The first kappa shape index (κ1) is 20.8. The molecular formula is C26H20F3N3O2. The van der Waals surface area contributed by atoms with Gasteiger partial charge < -0.3 is 9.32 Å². The number of anilines is 1. The lowest BCUT2D eigenvalue weighted by Gasteiger charge is -2.29. The van der Waals surface area contributed by atoms with Crippen LogP contribution in [0.2, 0.25) is 0 Å². The standard InChI is InChI=1S/C26H20F3N3O2/c27-26(28,29)24-20-11-12-22-19(13-15-34-22)23(20)32(30-24)18-9-7-17(8-10-18)25(33)31-14-3-5-16-4-1-2-6-21(16)31/h1-2,4,6-10,13,15H,3,5,11-12,14H2. The summed E-state index contributed by atoms with van der Waals surface area (Å²) in [5.74, 6) is 0.521. The van der Waals surface area contributed by atoms with Crippen molar-refractivity contribution in [1.82, 2.24) is 9.78 Å². The molecule has 4 aromatic rings. The quantitative estimate of drug-likeness (QED) is 0.375. The summed E-state index contributed by atoms with van der Waals surface area (Å²) < 4.78 is 48.1. The number of amides is 1. The number of fused-ring (bicyclic) bond motifs is 4. The highest BCUT2D eigenvalue weighted by Gasteiger charge is 2.41. The molecule has 2 aliphatic rings. The highest BCUT2D eigenvalue weighted by molar-refractivity contribution is 6.06. The SMILES string of the molecule is O=C(c1ccc(-n2nc(C(F)(F)F)c3c2-c2ccoc2CC3)cc1)N1CCCc2ccccc21. The van der Waals surface area contributed by atoms with Crippen LogP contribution in [0.25, 0.3) is 16.9 Å². The molecule has 0 unspecified atom stereocenters. The van der Waals surface area contributed by atoms with Crippen molar-refractivity contribution in [3.05, 3.63) is 89.0 Å². The number of furan rings is 1. The molecule has 0 saturated heterocycles. The fourth-order valence-corrected chi connectivity index (χ4v) is 5.01. The van der Waals surface area contributed by atoms with Crippen LogP contribution in [-0.4, -0.2) is 22.2 Å². The molecule has 5 nitrogen and oxygen atoms in total. The molecule has 0 spiro atoms. The second-order valence-corrected chi connectivity index (χ2v) is 8.58. The number of aromatic nitrogens is 2. The zero-order valence-electron chi connectivity index (χ0n) is 18.1. The second kappa shape index (κ2) is 7.62. The lowest BCUT2D eigenvalue weighted by atomic mass is 9.94. The zero-order valence-corrected chi connectivity index (χ0v) is 18.1. The zero-order chi connectivity index (χ0) is 23.4. The maximum absolute atomic E-state index is 13.8. The van der Waals surface area contributed by atoms with E-state index in [1.165, 1.54) is 10.9 Å². The Kier molecular flexibility index (Phi) is 4.65. The van der Waals surface area contributed by atoms with E-state index in [1.807, 2.05) is 24.3 Å². The van der Waals surface area contributed by atoms with Gasteiger partial charge >= 0.3 is 6.18 Å². The number of rotatable bonds is 2. The van der Waals surface area contributed by atoms with Gasteiger partial charge in [-0.2, -0.15) is 18.3 Å². The smallest absolute Gasteiger partial charge is 0.435 e. The first-order chi connectivity index (χ1) is 16.4. The monoisotopic (exact) mass is 463 g/mol. The van der Waals surface area contributed by atoms with Crippen LogP contribution in [0.15, 0.2) is 65.3 Å². The summed E-state index contributed by atoms with van der Waals surface area (Å²) in [6, 6.07) is 16.1. The van der Waals surface area contributed by atoms with Gasteiger partial charge in [0.1, 0.15) is 5.76 Å². The summed E-state index contributed by atoms with van der Waals surface area (Å²) in [4.78, 5) is 15.0. The Morgan fingerprint density at radius 1 is 0.971 bits per heavy atom. The van der Waals surface area contributed by atoms with Crippen LogP contribution >= 0.6 is 0 Å². The first-order valence-corrected chi connectivity index (χ1v) is 11.2. The van der Waals surface area contributed by atoms with Crippen molar-refractivity contribution in [2.75, 3.05) is 11.4 Å².